The van der Waals surface area contributed by atoms with Gasteiger partial charge >= 0.3 is 0 Å². The van der Waals surface area contributed by atoms with Crippen LogP contribution in [0.3, 0.4) is 0 Å². The molecular weight excluding hydrogens is 204 g/mol. The molecule has 84 valence electrons. The van der Waals surface area contributed by atoms with Gasteiger partial charge in [-0.1, -0.05) is 0 Å². The standard InChI is InChI=1S/C10H13F2NO2/c1-6-9(13-4-7(15)5-14)3-2-8(11)10(6)12/h2-3,7,13-15H,4-5H2,1H3. The fourth-order valence-corrected chi connectivity index (χ4v) is 1.14. The van der Waals surface area contributed by atoms with Gasteiger partial charge in [-0.15, -0.1) is 0 Å². The number of hydrogen-bond donors (Lipinski definition) is 3. The summed E-state index contributed by atoms with van der Waals surface area (Å²) in [5.74, 6) is -1.81. The van der Waals surface area contributed by atoms with Crippen molar-refractivity contribution < 1.29 is 19.0 Å². The van der Waals surface area contributed by atoms with Gasteiger partial charge in [0.2, 0.25) is 0 Å². The number of rotatable bonds is 4. The Bertz CT molecular complexity index is 344. The van der Waals surface area contributed by atoms with Crippen LogP contribution in [0.2, 0.25) is 0 Å². The summed E-state index contributed by atoms with van der Waals surface area (Å²) in [5.41, 5.74) is 0.557. The molecule has 0 aromatic heterocycles. The van der Waals surface area contributed by atoms with E-state index in [1.807, 2.05) is 0 Å². The molecule has 0 saturated carbocycles. The molecule has 0 aliphatic carbocycles. The van der Waals surface area contributed by atoms with Crippen LogP contribution in [0.25, 0.3) is 0 Å². The lowest BCUT2D eigenvalue weighted by Crippen LogP contribution is -2.23. The van der Waals surface area contributed by atoms with Crippen molar-refractivity contribution in [1.82, 2.24) is 0 Å². The molecule has 0 radical (unpaired) electrons. The summed E-state index contributed by atoms with van der Waals surface area (Å²) in [7, 11) is 0. The van der Waals surface area contributed by atoms with Gasteiger partial charge in [0.1, 0.15) is 0 Å². The Morgan fingerprint density at radius 3 is 2.67 bits per heavy atom. The molecule has 3 N–H and O–H groups in total. The molecule has 1 unspecified atom stereocenters. The minimum absolute atomic E-state index is 0.0857. The Morgan fingerprint density at radius 2 is 2.07 bits per heavy atom. The van der Waals surface area contributed by atoms with E-state index in [1.54, 1.807) is 0 Å². The van der Waals surface area contributed by atoms with Crippen LogP contribution in [0, 0.1) is 18.6 Å². The molecule has 1 atom stereocenters. The molecule has 1 aromatic rings. The van der Waals surface area contributed by atoms with E-state index in [9.17, 15) is 8.78 Å². The molecule has 0 bridgehead atoms. The summed E-state index contributed by atoms with van der Waals surface area (Å²) in [6.45, 7) is 1.14. The van der Waals surface area contributed by atoms with Crippen molar-refractivity contribution in [2.45, 2.75) is 13.0 Å². The largest absolute Gasteiger partial charge is 0.394 e. The Hall–Kier alpha value is -1.20. The van der Waals surface area contributed by atoms with E-state index in [0.717, 1.165) is 6.07 Å². The van der Waals surface area contributed by atoms with Gasteiger partial charge in [-0.05, 0) is 19.1 Å². The van der Waals surface area contributed by atoms with E-state index in [2.05, 4.69) is 5.32 Å². The molecule has 3 nitrogen and oxygen atoms in total. The average Bonchev–Trinajstić information content (AvgIpc) is 2.24. The van der Waals surface area contributed by atoms with Crippen molar-refractivity contribution in [3.8, 4) is 0 Å². The smallest absolute Gasteiger partial charge is 0.163 e. The molecule has 1 rings (SSSR count). The molecule has 0 aliphatic rings. The third-order valence-corrected chi connectivity index (χ3v) is 2.08. The number of anilines is 1. The highest BCUT2D eigenvalue weighted by atomic mass is 19.2. The summed E-state index contributed by atoms with van der Waals surface area (Å²) < 4.78 is 25.8. The SMILES string of the molecule is Cc1c(NCC(O)CO)ccc(F)c1F. The van der Waals surface area contributed by atoms with Crippen molar-refractivity contribution in [3.63, 3.8) is 0 Å². The molecule has 0 fully saturated rings. The molecular formula is C10H13F2NO2. The normalized spacial score (nSPS) is 12.6. The number of aliphatic hydroxyl groups excluding tert-OH is 2. The van der Waals surface area contributed by atoms with Gasteiger partial charge in [-0.25, -0.2) is 8.78 Å². The second-order valence-electron chi connectivity index (χ2n) is 3.25. The topological polar surface area (TPSA) is 52.5 Å². The fraction of sp³-hybridized carbons (Fsp3) is 0.400. The van der Waals surface area contributed by atoms with Crippen molar-refractivity contribution in [2.75, 3.05) is 18.5 Å². The Kier molecular flexibility index (Phi) is 3.99. The van der Waals surface area contributed by atoms with E-state index in [4.69, 9.17) is 10.2 Å². The van der Waals surface area contributed by atoms with Gasteiger partial charge in [0.15, 0.2) is 11.6 Å². The Morgan fingerprint density at radius 1 is 1.40 bits per heavy atom. The van der Waals surface area contributed by atoms with Crippen LogP contribution in [0.4, 0.5) is 14.5 Å². The minimum Gasteiger partial charge on any atom is -0.394 e. The van der Waals surface area contributed by atoms with E-state index >= 15 is 0 Å². The molecule has 0 spiro atoms. The predicted octanol–water partition coefficient (Wildman–Crippen LogP) is 1.04. The summed E-state index contributed by atoms with van der Waals surface area (Å²) in [6, 6.07) is 2.40. The van der Waals surface area contributed by atoms with Crippen molar-refractivity contribution in [3.05, 3.63) is 29.3 Å². The van der Waals surface area contributed by atoms with Crippen LogP contribution in [0.15, 0.2) is 12.1 Å². The van der Waals surface area contributed by atoms with Crippen LogP contribution in [-0.2, 0) is 0 Å². The maximum absolute atomic E-state index is 13.1. The van der Waals surface area contributed by atoms with Crippen molar-refractivity contribution in [1.29, 1.82) is 0 Å². The highest BCUT2D eigenvalue weighted by Crippen LogP contribution is 2.20. The zero-order valence-electron chi connectivity index (χ0n) is 8.30. The number of aliphatic hydroxyl groups is 2. The number of benzene rings is 1. The predicted molar refractivity (Wildman–Crippen MR) is 52.7 cm³/mol. The Labute approximate surface area is 86.4 Å². The van der Waals surface area contributed by atoms with Gasteiger partial charge in [-0.2, -0.15) is 0 Å². The monoisotopic (exact) mass is 217 g/mol. The van der Waals surface area contributed by atoms with Crippen LogP contribution in [-0.4, -0.2) is 29.5 Å². The lowest BCUT2D eigenvalue weighted by molar-refractivity contribution is 0.105. The van der Waals surface area contributed by atoms with E-state index in [0.29, 0.717) is 5.69 Å². The maximum atomic E-state index is 13.1. The second kappa shape index (κ2) is 5.04. The maximum Gasteiger partial charge on any atom is 0.163 e. The quantitative estimate of drug-likeness (QED) is 0.706. The summed E-state index contributed by atoms with van der Waals surface area (Å²) in [4.78, 5) is 0. The summed E-state index contributed by atoms with van der Waals surface area (Å²) in [5, 5.41) is 20.3. The second-order valence-corrected chi connectivity index (χ2v) is 3.25. The van der Waals surface area contributed by atoms with Crippen molar-refractivity contribution in [2.24, 2.45) is 0 Å². The third kappa shape index (κ3) is 2.87. The van der Waals surface area contributed by atoms with Gasteiger partial charge in [0.25, 0.3) is 0 Å². The van der Waals surface area contributed by atoms with Crippen LogP contribution in [0.5, 0.6) is 0 Å². The molecule has 0 saturated heterocycles. The lowest BCUT2D eigenvalue weighted by Gasteiger charge is -2.12. The highest BCUT2D eigenvalue weighted by molar-refractivity contribution is 5.51. The lowest BCUT2D eigenvalue weighted by atomic mass is 10.2. The van der Waals surface area contributed by atoms with E-state index < -0.39 is 17.7 Å². The molecule has 5 heteroatoms. The molecule has 15 heavy (non-hydrogen) atoms. The zero-order valence-corrected chi connectivity index (χ0v) is 8.30. The summed E-state index contributed by atoms with van der Waals surface area (Å²) >= 11 is 0. The molecule has 0 heterocycles. The van der Waals surface area contributed by atoms with E-state index in [1.165, 1.54) is 13.0 Å². The molecule has 0 amide bonds. The van der Waals surface area contributed by atoms with E-state index in [-0.39, 0.29) is 18.7 Å². The number of halogens is 2. The minimum atomic E-state index is -0.919. The first-order valence-electron chi connectivity index (χ1n) is 4.53. The van der Waals surface area contributed by atoms with Gasteiger partial charge in [0, 0.05) is 17.8 Å². The first-order valence-corrected chi connectivity index (χ1v) is 4.53. The number of nitrogens with one attached hydrogen (secondary N) is 1. The van der Waals surface area contributed by atoms with Crippen LogP contribution < -0.4 is 5.32 Å². The molecule has 1 aromatic carbocycles. The third-order valence-electron chi connectivity index (χ3n) is 2.08. The summed E-state index contributed by atoms with van der Waals surface area (Å²) in [6.07, 6.45) is -0.919. The Balaban J connectivity index is 2.74. The average molecular weight is 217 g/mol. The number of hydrogen-bond acceptors (Lipinski definition) is 3. The first-order chi connectivity index (χ1) is 7.06. The fourth-order valence-electron chi connectivity index (χ4n) is 1.14. The van der Waals surface area contributed by atoms with Gasteiger partial charge in [0.05, 0.1) is 12.7 Å². The van der Waals surface area contributed by atoms with Gasteiger partial charge in [-0.3, -0.25) is 0 Å². The highest BCUT2D eigenvalue weighted by Gasteiger charge is 2.10. The zero-order chi connectivity index (χ0) is 11.4. The van der Waals surface area contributed by atoms with Gasteiger partial charge < -0.3 is 15.5 Å². The van der Waals surface area contributed by atoms with Crippen LogP contribution >= 0.6 is 0 Å². The van der Waals surface area contributed by atoms with Crippen LogP contribution in [0.1, 0.15) is 5.56 Å². The van der Waals surface area contributed by atoms with Crippen molar-refractivity contribution >= 4 is 5.69 Å². The molecule has 0 aliphatic heterocycles. The first kappa shape index (κ1) is 11.9.